The summed E-state index contributed by atoms with van der Waals surface area (Å²) in [6.45, 7) is 0. The summed E-state index contributed by atoms with van der Waals surface area (Å²) >= 11 is 0. The molecule has 0 amide bonds. The summed E-state index contributed by atoms with van der Waals surface area (Å²) in [6, 6.07) is 1.96. The van der Waals surface area contributed by atoms with Gasteiger partial charge in [0, 0.05) is 18.3 Å². The van der Waals surface area contributed by atoms with Crippen LogP contribution in [-0.2, 0) is 6.42 Å². The topological polar surface area (TPSA) is 52.5 Å². The first-order valence-corrected chi connectivity index (χ1v) is 4.66. The number of halogens is 1. The SMILES string of the molecule is N#CC1C=CC=CC1(F)Cc1cnc[nH]1. The van der Waals surface area contributed by atoms with Gasteiger partial charge in [-0.2, -0.15) is 5.26 Å². The molecule has 0 radical (unpaired) electrons. The maximum atomic E-state index is 14.4. The van der Waals surface area contributed by atoms with Crippen LogP contribution in [0.4, 0.5) is 4.39 Å². The van der Waals surface area contributed by atoms with Crippen molar-refractivity contribution in [3.8, 4) is 6.07 Å². The van der Waals surface area contributed by atoms with Crippen molar-refractivity contribution < 1.29 is 4.39 Å². The average Bonchev–Trinajstić information content (AvgIpc) is 2.70. The smallest absolute Gasteiger partial charge is 0.154 e. The minimum Gasteiger partial charge on any atom is -0.348 e. The Morgan fingerprint density at radius 1 is 1.60 bits per heavy atom. The molecule has 4 heteroatoms. The Labute approximate surface area is 87.0 Å². The van der Waals surface area contributed by atoms with Crippen molar-refractivity contribution in [1.82, 2.24) is 9.97 Å². The van der Waals surface area contributed by atoms with Crippen molar-refractivity contribution in [3.63, 3.8) is 0 Å². The zero-order valence-corrected chi connectivity index (χ0v) is 8.02. The first kappa shape index (κ1) is 9.66. The fourth-order valence-electron chi connectivity index (χ4n) is 1.65. The molecule has 2 rings (SSSR count). The van der Waals surface area contributed by atoms with Gasteiger partial charge in [-0.25, -0.2) is 9.37 Å². The molecule has 1 aromatic rings. The van der Waals surface area contributed by atoms with Crippen molar-refractivity contribution in [2.24, 2.45) is 5.92 Å². The second-order valence-corrected chi connectivity index (χ2v) is 3.53. The van der Waals surface area contributed by atoms with Gasteiger partial charge in [0.1, 0.15) is 5.92 Å². The van der Waals surface area contributed by atoms with Crippen LogP contribution in [0.15, 0.2) is 36.8 Å². The van der Waals surface area contributed by atoms with Gasteiger partial charge in [0.05, 0.1) is 12.4 Å². The van der Waals surface area contributed by atoms with E-state index in [1.807, 2.05) is 6.07 Å². The van der Waals surface area contributed by atoms with E-state index in [0.29, 0.717) is 5.69 Å². The predicted molar refractivity (Wildman–Crippen MR) is 53.5 cm³/mol. The third-order valence-electron chi connectivity index (χ3n) is 2.46. The van der Waals surface area contributed by atoms with Crippen molar-refractivity contribution in [2.45, 2.75) is 12.1 Å². The van der Waals surface area contributed by atoms with Crippen LogP contribution in [0.1, 0.15) is 5.69 Å². The lowest BCUT2D eigenvalue weighted by Crippen LogP contribution is -2.33. The Morgan fingerprint density at radius 2 is 2.47 bits per heavy atom. The van der Waals surface area contributed by atoms with Crippen LogP contribution in [0.3, 0.4) is 0 Å². The Kier molecular flexibility index (Phi) is 2.38. The third-order valence-corrected chi connectivity index (χ3v) is 2.46. The molecule has 76 valence electrons. The van der Waals surface area contributed by atoms with Gasteiger partial charge in [0.25, 0.3) is 0 Å². The minimum atomic E-state index is -1.63. The van der Waals surface area contributed by atoms with Gasteiger partial charge in [-0.05, 0) is 6.08 Å². The molecule has 1 aromatic heterocycles. The molecule has 0 aromatic carbocycles. The van der Waals surface area contributed by atoms with Gasteiger partial charge >= 0.3 is 0 Å². The number of aromatic nitrogens is 2. The minimum absolute atomic E-state index is 0.145. The van der Waals surface area contributed by atoms with E-state index >= 15 is 0 Å². The fourth-order valence-corrected chi connectivity index (χ4v) is 1.65. The second kappa shape index (κ2) is 3.70. The Balaban J connectivity index is 2.22. The maximum Gasteiger partial charge on any atom is 0.154 e. The molecule has 1 N–H and O–H groups in total. The third kappa shape index (κ3) is 1.82. The molecule has 1 aliphatic rings. The lowest BCUT2D eigenvalue weighted by molar-refractivity contribution is 0.192. The molecular formula is C11H10FN3. The quantitative estimate of drug-likeness (QED) is 0.798. The van der Waals surface area contributed by atoms with Crippen LogP contribution in [0.25, 0.3) is 0 Å². The van der Waals surface area contributed by atoms with Crippen molar-refractivity contribution in [3.05, 3.63) is 42.5 Å². The number of imidazole rings is 1. The number of aromatic amines is 1. The van der Waals surface area contributed by atoms with Crippen molar-refractivity contribution in [1.29, 1.82) is 5.26 Å². The normalized spacial score (nSPS) is 28.9. The summed E-state index contributed by atoms with van der Waals surface area (Å²) in [7, 11) is 0. The number of nitriles is 1. The van der Waals surface area contributed by atoms with Crippen molar-refractivity contribution in [2.75, 3.05) is 0 Å². The Hall–Kier alpha value is -1.89. The van der Waals surface area contributed by atoms with E-state index in [0.717, 1.165) is 0 Å². The molecule has 2 atom stereocenters. The summed E-state index contributed by atoms with van der Waals surface area (Å²) in [6.07, 6.45) is 9.55. The number of hydrogen-bond donors (Lipinski definition) is 1. The molecule has 2 unspecified atom stereocenters. The number of alkyl halides is 1. The fraction of sp³-hybridized carbons (Fsp3) is 0.273. The maximum absolute atomic E-state index is 14.4. The van der Waals surface area contributed by atoms with Gasteiger partial charge in [-0.3, -0.25) is 0 Å². The largest absolute Gasteiger partial charge is 0.348 e. The second-order valence-electron chi connectivity index (χ2n) is 3.53. The molecule has 1 heterocycles. The van der Waals surface area contributed by atoms with Crippen LogP contribution in [0.2, 0.25) is 0 Å². The summed E-state index contributed by atoms with van der Waals surface area (Å²) in [5.74, 6) is -0.731. The lowest BCUT2D eigenvalue weighted by atomic mass is 9.83. The zero-order chi connectivity index (χ0) is 10.7. The Bertz CT molecular complexity index is 427. The molecule has 0 spiro atoms. The van der Waals surface area contributed by atoms with E-state index in [-0.39, 0.29) is 6.42 Å². The highest BCUT2D eigenvalue weighted by atomic mass is 19.1. The highest BCUT2D eigenvalue weighted by Gasteiger charge is 2.37. The van der Waals surface area contributed by atoms with Gasteiger partial charge < -0.3 is 4.98 Å². The first-order chi connectivity index (χ1) is 7.24. The van der Waals surface area contributed by atoms with E-state index in [2.05, 4.69) is 9.97 Å². The highest BCUT2D eigenvalue weighted by Crippen LogP contribution is 2.31. The van der Waals surface area contributed by atoms with Gasteiger partial charge in [0.2, 0.25) is 0 Å². The number of hydrogen-bond acceptors (Lipinski definition) is 2. The molecule has 0 saturated heterocycles. The van der Waals surface area contributed by atoms with E-state index < -0.39 is 11.6 Å². The van der Waals surface area contributed by atoms with Gasteiger partial charge in [0.15, 0.2) is 5.67 Å². The molecule has 15 heavy (non-hydrogen) atoms. The molecule has 0 saturated carbocycles. The summed E-state index contributed by atoms with van der Waals surface area (Å²) in [5.41, 5.74) is -0.937. The summed E-state index contributed by atoms with van der Waals surface area (Å²) in [5, 5.41) is 8.85. The standard InChI is InChI=1S/C11H10FN3/c12-11(5-10-7-14-8-15-10)4-2-1-3-9(11)6-13/h1-4,7-9H,5H2,(H,14,15). The molecule has 3 nitrogen and oxygen atoms in total. The first-order valence-electron chi connectivity index (χ1n) is 4.66. The summed E-state index contributed by atoms with van der Waals surface area (Å²) in [4.78, 5) is 6.66. The lowest BCUT2D eigenvalue weighted by Gasteiger charge is -2.25. The van der Waals surface area contributed by atoms with Crippen LogP contribution < -0.4 is 0 Å². The van der Waals surface area contributed by atoms with Crippen LogP contribution in [-0.4, -0.2) is 15.6 Å². The average molecular weight is 203 g/mol. The van der Waals surface area contributed by atoms with E-state index in [1.165, 1.54) is 12.4 Å². The van der Waals surface area contributed by atoms with E-state index in [9.17, 15) is 4.39 Å². The number of nitrogens with one attached hydrogen (secondary N) is 1. The van der Waals surface area contributed by atoms with Crippen LogP contribution >= 0.6 is 0 Å². The molecular weight excluding hydrogens is 193 g/mol. The molecule has 0 aliphatic heterocycles. The number of nitrogens with zero attached hydrogens (tertiary/aromatic N) is 2. The number of allylic oxidation sites excluding steroid dienone is 4. The highest BCUT2D eigenvalue weighted by molar-refractivity contribution is 5.28. The van der Waals surface area contributed by atoms with E-state index in [1.54, 1.807) is 24.4 Å². The monoisotopic (exact) mass is 203 g/mol. The van der Waals surface area contributed by atoms with E-state index in [4.69, 9.17) is 5.26 Å². The Morgan fingerprint density at radius 3 is 3.13 bits per heavy atom. The molecule has 1 aliphatic carbocycles. The molecule has 0 fully saturated rings. The van der Waals surface area contributed by atoms with Crippen molar-refractivity contribution >= 4 is 0 Å². The van der Waals surface area contributed by atoms with Crippen LogP contribution in [0, 0.1) is 17.2 Å². The van der Waals surface area contributed by atoms with Gasteiger partial charge in [-0.15, -0.1) is 0 Å². The number of H-pyrrole nitrogens is 1. The van der Waals surface area contributed by atoms with Crippen LogP contribution in [0.5, 0.6) is 0 Å². The van der Waals surface area contributed by atoms with Gasteiger partial charge in [-0.1, -0.05) is 18.2 Å². The zero-order valence-electron chi connectivity index (χ0n) is 8.02. The summed E-state index contributed by atoms with van der Waals surface area (Å²) < 4.78 is 14.4. The number of rotatable bonds is 2. The molecule has 0 bridgehead atoms. The predicted octanol–water partition coefficient (Wildman–Crippen LogP) is 1.93.